The molecular weight excluding hydrogens is 218 g/mol. The monoisotopic (exact) mass is 237 g/mol. The standard InChI is InChI=1S/C13H19NO3/c1-2-6-16-13-8-10(3-4-12(13)14)17-11-5-7-15-9-11/h3-4,8,11H,2,5-7,9,14H2,1H3. The zero-order valence-electron chi connectivity index (χ0n) is 10.1. The van der Waals surface area contributed by atoms with E-state index < -0.39 is 0 Å². The van der Waals surface area contributed by atoms with E-state index in [9.17, 15) is 0 Å². The van der Waals surface area contributed by atoms with E-state index in [1.165, 1.54) is 0 Å². The molecule has 0 radical (unpaired) electrons. The number of anilines is 1. The Morgan fingerprint density at radius 1 is 1.47 bits per heavy atom. The lowest BCUT2D eigenvalue weighted by Crippen LogP contribution is -2.15. The van der Waals surface area contributed by atoms with Gasteiger partial charge in [-0.15, -0.1) is 0 Å². The van der Waals surface area contributed by atoms with Crippen LogP contribution in [0.25, 0.3) is 0 Å². The molecule has 1 fully saturated rings. The third-order valence-electron chi connectivity index (χ3n) is 2.64. The van der Waals surface area contributed by atoms with Crippen molar-refractivity contribution in [3.05, 3.63) is 18.2 Å². The highest BCUT2D eigenvalue weighted by Gasteiger charge is 2.17. The van der Waals surface area contributed by atoms with Crippen molar-refractivity contribution in [1.82, 2.24) is 0 Å². The fraction of sp³-hybridized carbons (Fsp3) is 0.538. The highest BCUT2D eigenvalue weighted by atomic mass is 16.5. The van der Waals surface area contributed by atoms with Crippen LogP contribution in [-0.2, 0) is 4.74 Å². The maximum absolute atomic E-state index is 5.83. The average molecular weight is 237 g/mol. The van der Waals surface area contributed by atoms with E-state index in [-0.39, 0.29) is 6.10 Å². The van der Waals surface area contributed by atoms with Crippen molar-refractivity contribution in [2.24, 2.45) is 0 Å². The first kappa shape index (κ1) is 12.0. The Kier molecular flexibility index (Phi) is 4.09. The first-order valence-corrected chi connectivity index (χ1v) is 6.06. The van der Waals surface area contributed by atoms with Gasteiger partial charge in [-0.2, -0.15) is 0 Å². The molecule has 1 atom stereocenters. The summed E-state index contributed by atoms with van der Waals surface area (Å²) in [6.45, 7) is 4.17. The molecule has 1 aromatic rings. The van der Waals surface area contributed by atoms with Crippen LogP contribution in [0.2, 0.25) is 0 Å². The zero-order valence-corrected chi connectivity index (χ0v) is 10.1. The SMILES string of the molecule is CCCOc1cc(OC2CCOC2)ccc1N. The van der Waals surface area contributed by atoms with E-state index in [4.69, 9.17) is 19.9 Å². The quantitative estimate of drug-likeness (QED) is 0.798. The molecule has 0 saturated carbocycles. The first-order valence-electron chi connectivity index (χ1n) is 6.06. The van der Waals surface area contributed by atoms with E-state index in [1.807, 2.05) is 18.2 Å². The van der Waals surface area contributed by atoms with Crippen molar-refractivity contribution < 1.29 is 14.2 Å². The van der Waals surface area contributed by atoms with Crippen LogP contribution in [0.5, 0.6) is 11.5 Å². The fourth-order valence-electron chi connectivity index (χ4n) is 1.72. The van der Waals surface area contributed by atoms with Crippen LogP contribution >= 0.6 is 0 Å². The number of hydrogen-bond donors (Lipinski definition) is 1. The van der Waals surface area contributed by atoms with Crippen LogP contribution in [0.1, 0.15) is 19.8 Å². The van der Waals surface area contributed by atoms with Crippen molar-refractivity contribution in [1.29, 1.82) is 0 Å². The summed E-state index contributed by atoms with van der Waals surface area (Å²) >= 11 is 0. The van der Waals surface area contributed by atoms with Gasteiger partial charge in [0.1, 0.15) is 17.6 Å². The average Bonchev–Trinajstić information content (AvgIpc) is 2.82. The van der Waals surface area contributed by atoms with Gasteiger partial charge in [-0.25, -0.2) is 0 Å². The second-order valence-corrected chi connectivity index (χ2v) is 4.15. The fourth-order valence-corrected chi connectivity index (χ4v) is 1.72. The lowest BCUT2D eigenvalue weighted by molar-refractivity contribution is 0.141. The number of benzene rings is 1. The molecule has 1 aromatic carbocycles. The van der Waals surface area contributed by atoms with E-state index in [1.54, 1.807) is 0 Å². The maximum atomic E-state index is 5.83. The predicted molar refractivity (Wildman–Crippen MR) is 66.5 cm³/mol. The highest BCUT2D eigenvalue weighted by molar-refractivity contribution is 5.55. The van der Waals surface area contributed by atoms with Crippen LogP contribution in [0, 0.1) is 0 Å². The number of hydrogen-bond acceptors (Lipinski definition) is 4. The maximum Gasteiger partial charge on any atom is 0.145 e. The predicted octanol–water partition coefficient (Wildman–Crippen LogP) is 2.23. The molecule has 4 heteroatoms. The molecule has 0 amide bonds. The number of nitrogens with two attached hydrogens (primary N) is 1. The molecule has 1 saturated heterocycles. The van der Waals surface area contributed by atoms with Crippen molar-refractivity contribution in [2.75, 3.05) is 25.6 Å². The van der Waals surface area contributed by atoms with Gasteiger partial charge in [0.15, 0.2) is 0 Å². The van der Waals surface area contributed by atoms with E-state index >= 15 is 0 Å². The van der Waals surface area contributed by atoms with Gasteiger partial charge < -0.3 is 19.9 Å². The molecule has 2 N–H and O–H groups in total. The minimum atomic E-state index is 0.151. The molecule has 0 aliphatic carbocycles. The molecule has 2 rings (SSSR count). The van der Waals surface area contributed by atoms with Gasteiger partial charge >= 0.3 is 0 Å². The summed E-state index contributed by atoms with van der Waals surface area (Å²) in [6.07, 6.45) is 2.05. The first-order chi connectivity index (χ1) is 8.29. The Labute approximate surface area is 102 Å². The minimum Gasteiger partial charge on any atom is -0.491 e. The summed E-state index contributed by atoms with van der Waals surface area (Å²) in [6, 6.07) is 5.53. The molecular formula is C13H19NO3. The molecule has 0 bridgehead atoms. The molecule has 1 unspecified atom stereocenters. The molecule has 4 nitrogen and oxygen atoms in total. The normalized spacial score (nSPS) is 19.2. The highest BCUT2D eigenvalue weighted by Crippen LogP contribution is 2.28. The number of ether oxygens (including phenoxy) is 3. The topological polar surface area (TPSA) is 53.7 Å². The lowest BCUT2D eigenvalue weighted by atomic mass is 10.2. The second-order valence-electron chi connectivity index (χ2n) is 4.15. The molecule has 0 spiro atoms. The van der Waals surface area contributed by atoms with Gasteiger partial charge in [0.2, 0.25) is 0 Å². The van der Waals surface area contributed by atoms with Gasteiger partial charge in [0.05, 0.1) is 25.5 Å². The summed E-state index contributed by atoms with van der Waals surface area (Å²) in [5.74, 6) is 1.49. The summed E-state index contributed by atoms with van der Waals surface area (Å²) in [5.41, 5.74) is 6.48. The third-order valence-corrected chi connectivity index (χ3v) is 2.64. The third kappa shape index (κ3) is 3.27. The summed E-state index contributed by atoms with van der Waals surface area (Å²) in [7, 11) is 0. The summed E-state index contributed by atoms with van der Waals surface area (Å²) in [5, 5.41) is 0. The zero-order chi connectivity index (χ0) is 12.1. The van der Waals surface area contributed by atoms with E-state index in [0.717, 1.165) is 25.2 Å². The van der Waals surface area contributed by atoms with Crippen LogP contribution in [0.4, 0.5) is 5.69 Å². The molecule has 1 aliphatic heterocycles. The number of rotatable bonds is 5. The van der Waals surface area contributed by atoms with Crippen molar-refractivity contribution in [3.8, 4) is 11.5 Å². The molecule has 1 heterocycles. The minimum absolute atomic E-state index is 0.151. The van der Waals surface area contributed by atoms with Crippen LogP contribution < -0.4 is 15.2 Å². The van der Waals surface area contributed by atoms with Crippen LogP contribution in [-0.4, -0.2) is 25.9 Å². The summed E-state index contributed by atoms with van der Waals surface area (Å²) < 4.78 is 16.6. The Morgan fingerprint density at radius 3 is 3.06 bits per heavy atom. The van der Waals surface area contributed by atoms with Crippen molar-refractivity contribution in [2.45, 2.75) is 25.9 Å². The largest absolute Gasteiger partial charge is 0.491 e. The van der Waals surface area contributed by atoms with E-state index in [2.05, 4.69) is 6.92 Å². The molecule has 94 valence electrons. The smallest absolute Gasteiger partial charge is 0.145 e. The van der Waals surface area contributed by atoms with Crippen molar-refractivity contribution >= 4 is 5.69 Å². The Hall–Kier alpha value is -1.42. The molecule has 17 heavy (non-hydrogen) atoms. The van der Waals surface area contributed by atoms with Crippen LogP contribution in [0.15, 0.2) is 18.2 Å². The van der Waals surface area contributed by atoms with Gasteiger partial charge in [0.25, 0.3) is 0 Å². The molecule has 0 aromatic heterocycles. The summed E-state index contributed by atoms with van der Waals surface area (Å²) in [4.78, 5) is 0. The number of nitrogen functional groups attached to an aromatic ring is 1. The van der Waals surface area contributed by atoms with Crippen LogP contribution in [0.3, 0.4) is 0 Å². The molecule has 1 aliphatic rings. The Morgan fingerprint density at radius 2 is 2.35 bits per heavy atom. The second kappa shape index (κ2) is 5.77. The van der Waals surface area contributed by atoms with Gasteiger partial charge in [-0.1, -0.05) is 6.92 Å². The Balaban J connectivity index is 2.01. The van der Waals surface area contributed by atoms with Gasteiger partial charge in [-0.05, 0) is 18.6 Å². The van der Waals surface area contributed by atoms with E-state index in [0.29, 0.717) is 24.7 Å². The van der Waals surface area contributed by atoms with Gasteiger partial charge in [0, 0.05) is 12.5 Å². The van der Waals surface area contributed by atoms with Gasteiger partial charge in [-0.3, -0.25) is 0 Å². The van der Waals surface area contributed by atoms with Crippen molar-refractivity contribution in [3.63, 3.8) is 0 Å². The Bertz CT molecular complexity index is 362. The lowest BCUT2D eigenvalue weighted by Gasteiger charge is -2.14.